The van der Waals surface area contributed by atoms with E-state index in [4.69, 9.17) is 14.6 Å². The van der Waals surface area contributed by atoms with Gasteiger partial charge in [0.1, 0.15) is 11.5 Å². The average molecular weight is 440 g/mol. The van der Waals surface area contributed by atoms with Crippen molar-refractivity contribution in [1.29, 1.82) is 0 Å². The number of methoxy groups -OCH3 is 2. The standard InChI is InChI=1S/C24H25NO5S/c1-29-21-9-3-17(4-10-21)15-20(16-18-5-11-22(30-2)12-6-18)24(26)19-7-13-23(14-8-19)31(25,27)28/h3-14,20H,15-16H2,1-2H3,(H2,25,27,28). The zero-order valence-electron chi connectivity index (χ0n) is 17.4. The molecule has 0 aliphatic heterocycles. The molecular weight excluding hydrogens is 414 g/mol. The van der Waals surface area contributed by atoms with Crippen LogP contribution in [0, 0.1) is 5.92 Å². The van der Waals surface area contributed by atoms with Gasteiger partial charge >= 0.3 is 0 Å². The predicted molar refractivity (Wildman–Crippen MR) is 119 cm³/mol. The van der Waals surface area contributed by atoms with Crippen molar-refractivity contribution < 1.29 is 22.7 Å². The maximum absolute atomic E-state index is 13.3. The van der Waals surface area contributed by atoms with Crippen molar-refractivity contribution >= 4 is 15.8 Å². The number of benzene rings is 3. The van der Waals surface area contributed by atoms with Crippen LogP contribution in [0.3, 0.4) is 0 Å². The van der Waals surface area contributed by atoms with Crippen LogP contribution in [0.15, 0.2) is 77.7 Å². The molecule has 2 N–H and O–H groups in total. The number of ether oxygens (including phenoxy) is 2. The van der Waals surface area contributed by atoms with Crippen molar-refractivity contribution in [3.05, 3.63) is 89.5 Å². The van der Waals surface area contributed by atoms with Crippen molar-refractivity contribution in [2.24, 2.45) is 11.1 Å². The summed E-state index contributed by atoms with van der Waals surface area (Å²) >= 11 is 0. The van der Waals surface area contributed by atoms with Crippen LogP contribution in [0.2, 0.25) is 0 Å². The molecule has 6 nitrogen and oxygen atoms in total. The Hall–Kier alpha value is -3.16. The highest BCUT2D eigenvalue weighted by atomic mass is 32.2. The van der Waals surface area contributed by atoms with Gasteiger partial charge in [0.2, 0.25) is 10.0 Å². The fourth-order valence-electron chi connectivity index (χ4n) is 3.39. The number of primary sulfonamides is 1. The molecule has 0 aromatic heterocycles. The summed E-state index contributed by atoms with van der Waals surface area (Å²) in [4.78, 5) is 13.3. The molecule has 0 fully saturated rings. The Labute approximate surface area is 182 Å². The zero-order chi connectivity index (χ0) is 22.4. The second kappa shape index (κ2) is 9.76. The van der Waals surface area contributed by atoms with Gasteiger partial charge in [-0.1, -0.05) is 36.4 Å². The normalized spacial score (nSPS) is 11.4. The van der Waals surface area contributed by atoms with Gasteiger partial charge in [0, 0.05) is 11.5 Å². The smallest absolute Gasteiger partial charge is 0.238 e. The van der Waals surface area contributed by atoms with Gasteiger partial charge in [-0.25, -0.2) is 13.6 Å². The molecule has 0 bridgehead atoms. The molecule has 0 unspecified atom stereocenters. The van der Waals surface area contributed by atoms with E-state index in [2.05, 4.69) is 0 Å². The van der Waals surface area contributed by atoms with Gasteiger partial charge in [0.15, 0.2) is 5.78 Å². The summed E-state index contributed by atoms with van der Waals surface area (Å²) in [5.41, 5.74) is 2.46. The van der Waals surface area contributed by atoms with Gasteiger partial charge in [-0.05, 0) is 60.4 Å². The number of nitrogens with two attached hydrogens (primary N) is 1. The Bertz CT molecular complexity index is 1070. The molecule has 0 heterocycles. The fourth-order valence-corrected chi connectivity index (χ4v) is 3.91. The molecule has 0 radical (unpaired) electrons. The lowest BCUT2D eigenvalue weighted by atomic mass is 9.86. The Balaban J connectivity index is 1.87. The quantitative estimate of drug-likeness (QED) is 0.514. The molecule has 0 saturated carbocycles. The van der Waals surface area contributed by atoms with Crippen molar-refractivity contribution in [3.63, 3.8) is 0 Å². The molecule has 162 valence electrons. The first-order valence-electron chi connectivity index (χ1n) is 9.73. The van der Waals surface area contributed by atoms with Crippen LogP contribution in [0.5, 0.6) is 11.5 Å². The number of hydrogen-bond donors (Lipinski definition) is 1. The number of hydrogen-bond acceptors (Lipinski definition) is 5. The Morgan fingerprint density at radius 3 is 1.55 bits per heavy atom. The first kappa shape index (κ1) is 22.5. The van der Waals surface area contributed by atoms with Crippen LogP contribution >= 0.6 is 0 Å². The molecule has 0 aliphatic carbocycles. The van der Waals surface area contributed by atoms with E-state index in [0.717, 1.165) is 22.6 Å². The molecule has 31 heavy (non-hydrogen) atoms. The molecule has 0 atom stereocenters. The van der Waals surface area contributed by atoms with Crippen LogP contribution < -0.4 is 14.6 Å². The van der Waals surface area contributed by atoms with Gasteiger partial charge in [0.05, 0.1) is 19.1 Å². The highest BCUT2D eigenvalue weighted by molar-refractivity contribution is 7.89. The van der Waals surface area contributed by atoms with E-state index in [9.17, 15) is 13.2 Å². The van der Waals surface area contributed by atoms with E-state index in [1.165, 1.54) is 24.3 Å². The van der Waals surface area contributed by atoms with Gasteiger partial charge in [-0.2, -0.15) is 0 Å². The Morgan fingerprint density at radius 1 is 0.774 bits per heavy atom. The number of carbonyl (C=O) groups excluding carboxylic acids is 1. The van der Waals surface area contributed by atoms with Crippen molar-refractivity contribution in [2.75, 3.05) is 14.2 Å². The predicted octanol–water partition coefficient (Wildman–Crippen LogP) is 3.64. The van der Waals surface area contributed by atoms with E-state index in [-0.39, 0.29) is 16.6 Å². The van der Waals surface area contributed by atoms with E-state index < -0.39 is 10.0 Å². The zero-order valence-corrected chi connectivity index (χ0v) is 18.3. The maximum atomic E-state index is 13.3. The summed E-state index contributed by atoms with van der Waals surface area (Å²) in [5.74, 6) is 1.11. The number of Topliss-reactive ketones (excluding diaryl/α,β-unsaturated/α-hetero) is 1. The molecule has 0 aliphatic rings. The monoisotopic (exact) mass is 439 g/mol. The lowest BCUT2D eigenvalue weighted by Crippen LogP contribution is -2.20. The molecule has 3 rings (SSSR count). The number of carbonyl (C=O) groups is 1. The van der Waals surface area contributed by atoms with Gasteiger partial charge in [0.25, 0.3) is 0 Å². The molecule has 0 saturated heterocycles. The van der Waals surface area contributed by atoms with Crippen LogP contribution in [-0.2, 0) is 22.9 Å². The molecule has 7 heteroatoms. The molecular formula is C24H25NO5S. The SMILES string of the molecule is COc1ccc(CC(Cc2ccc(OC)cc2)C(=O)c2ccc(S(N)(=O)=O)cc2)cc1. The number of rotatable bonds is 9. The molecule has 0 amide bonds. The molecule has 3 aromatic carbocycles. The first-order valence-corrected chi connectivity index (χ1v) is 11.3. The Kier molecular flexibility index (Phi) is 7.09. The van der Waals surface area contributed by atoms with Gasteiger partial charge in [-0.15, -0.1) is 0 Å². The third kappa shape index (κ3) is 5.93. The topological polar surface area (TPSA) is 95.7 Å². The lowest BCUT2D eigenvalue weighted by Gasteiger charge is -2.17. The van der Waals surface area contributed by atoms with Crippen LogP contribution in [0.1, 0.15) is 21.5 Å². The highest BCUT2D eigenvalue weighted by Gasteiger charge is 2.22. The third-order valence-electron chi connectivity index (χ3n) is 5.12. The lowest BCUT2D eigenvalue weighted by molar-refractivity contribution is 0.0918. The van der Waals surface area contributed by atoms with Crippen LogP contribution in [0.4, 0.5) is 0 Å². The van der Waals surface area contributed by atoms with E-state index in [0.29, 0.717) is 18.4 Å². The van der Waals surface area contributed by atoms with E-state index >= 15 is 0 Å². The second-order valence-electron chi connectivity index (χ2n) is 7.23. The number of ketones is 1. The maximum Gasteiger partial charge on any atom is 0.238 e. The Morgan fingerprint density at radius 2 is 1.19 bits per heavy atom. The second-order valence-corrected chi connectivity index (χ2v) is 8.80. The minimum Gasteiger partial charge on any atom is -0.497 e. The average Bonchev–Trinajstić information content (AvgIpc) is 2.78. The summed E-state index contributed by atoms with van der Waals surface area (Å²) in [6, 6.07) is 21.0. The first-order chi connectivity index (χ1) is 14.8. The largest absolute Gasteiger partial charge is 0.497 e. The minimum absolute atomic E-state index is 0.0223. The van der Waals surface area contributed by atoms with Crippen molar-refractivity contribution in [1.82, 2.24) is 0 Å². The summed E-state index contributed by atoms with van der Waals surface area (Å²) in [6.07, 6.45) is 1.07. The van der Waals surface area contributed by atoms with Crippen LogP contribution in [-0.4, -0.2) is 28.4 Å². The summed E-state index contributed by atoms with van der Waals surface area (Å²) in [6.45, 7) is 0. The summed E-state index contributed by atoms with van der Waals surface area (Å²) in [5, 5.41) is 5.16. The summed E-state index contributed by atoms with van der Waals surface area (Å²) in [7, 11) is -0.596. The van der Waals surface area contributed by atoms with Crippen LogP contribution in [0.25, 0.3) is 0 Å². The van der Waals surface area contributed by atoms with Gasteiger partial charge < -0.3 is 9.47 Å². The van der Waals surface area contributed by atoms with Crippen molar-refractivity contribution in [2.45, 2.75) is 17.7 Å². The van der Waals surface area contributed by atoms with Gasteiger partial charge in [-0.3, -0.25) is 4.79 Å². The van der Waals surface area contributed by atoms with E-state index in [1.54, 1.807) is 14.2 Å². The minimum atomic E-state index is -3.81. The molecule has 3 aromatic rings. The fraction of sp³-hybridized carbons (Fsp3) is 0.208. The number of sulfonamides is 1. The van der Waals surface area contributed by atoms with Crippen molar-refractivity contribution in [3.8, 4) is 11.5 Å². The molecule has 0 spiro atoms. The third-order valence-corrected chi connectivity index (χ3v) is 6.05. The summed E-state index contributed by atoms with van der Waals surface area (Å²) < 4.78 is 33.4. The highest BCUT2D eigenvalue weighted by Crippen LogP contribution is 2.23. The van der Waals surface area contributed by atoms with E-state index in [1.807, 2.05) is 48.5 Å².